The summed E-state index contributed by atoms with van der Waals surface area (Å²) in [6.45, 7) is 0. The van der Waals surface area contributed by atoms with Crippen LogP contribution in [-0.4, -0.2) is 0 Å². The van der Waals surface area contributed by atoms with Crippen molar-refractivity contribution in [3.63, 3.8) is 0 Å². The highest BCUT2D eigenvalue weighted by Crippen LogP contribution is 2.30. The van der Waals surface area contributed by atoms with E-state index in [0.29, 0.717) is 0 Å². The predicted molar refractivity (Wildman–Crippen MR) is 76.4 cm³/mol. The summed E-state index contributed by atoms with van der Waals surface area (Å²) in [6.07, 6.45) is 1.70. The number of para-hydroxylation sites is 1. The van der Waals surface area contributed by atoms with Crippen LogP contribution in [0.15, 0.2) is 69.7 Å². The summed E-state index contributed by atoms with van der Waals surface area (Å²) >= 11 is 0. The molecule has 0 aliphatic heterocycles. The van der Waals surface area contributed by atoms with Gasteiger partial charge in [-0.15, -0.1) is 0 Å². The maximum atomic E-state index is 5.85. The fraction of sp³-hybridized carbons (Fsp3) is 0. The van der Waals surface area contributed by atoms with Gasteiger partial charge in [0.2, 0.25) is 0 Å². The average molecular weight is 251 g/mol. The SMILES string of the molecule is N.c1ccc2oc(-c3ccc4occc4c3)cc2c1. The zero-order valence-corrected chi connectivity index (χ0v) is 10.3. The molecule has 19 heavy (non-hydrogen) atoms. The molecule has 0 aliphatic rings. The van der Waals surface area contributed by atoms with Crippen LogP contribution in [0.1, 0.15) is 0 Å². The molecule has 2 aromatic carbocycles. The van der Waals surface area contributed by atoms with Crippen LogP contribution in [0, 0.1) is 0 Å². The number of rotatable bonds is 1. The van der Waals surface area contributed by atoms with Gasteiger partial charge >= 0.3 is 0 Å². The van der Waals surface area contributed by atoms with E-state index < -0.39 is 0 Å². The second-order valence-electron chi connectivity index (χ2n) is 4.32. The van der Waals surface area contributed by atoms with E-state index in [1.807, 2.05) is 36.4 Å². The molecule has 3 heteroatoms. The number of fused-ring (bicyclic) bond motifs is 2. The van der Waals surface area contributed by atoms with E-state index >= 15 is 0 Å². The molecular formula is C16H13NO2. The summed E-state index contributed by atoms with van der Waals surface area (Å²) in [5.41, 5.74) is 2.88. The van der Waals surface area contributed by atoms with Crippen LogP contribution >= 0.6 is 0 Å². The van der Waals surface area contributed by atoms with Crippen molar-refractivity contribution < 1.29 is 8.83 Å². The fourth-order valence-electron chi connectivity index (χ4n) is 2.24. The van der Waals surface area contributed by atoms with E-state index in [4.69, 9.17) is 8.83 Å². The van der Waals surface area contributed by atoms with E-state index in [9.17, 15) is 0 Å². The van der Waals surface area contributed by atoms with Gasteiger partial charge < -0.3 is 15.0 Å². The molecule has 0 spiro atoms. The van der Waals surface area contributed by atoms with Crippen molar-refractivity contribution in [1.29, 1.82) is 0 Å². The van der Waals surface area contributed by atoms with Gasteiger partial charge in [0.05, 0.1) is 6.26 Å². The Labute approximate surface area is 110 Å². The average Bonchev–Trinajstić information content (AvgIpc) is 3.04. The van der Waals surface area contributed by atoms with Gasteiger partial charge in [-0.05, 0) is 36.4 Å². The standard InChI is InChI=1S/C16H10O2.H3N/c1-2-4-15-11(3-1)10-16(18-15)12-5-6-14-13(9-12)7-8-17-14;/h1-10H;1H3. The van der Waals surface area contributed by atoms with Crippen molar-refractivity contribution in [3.8, 4) is 11.3 Å². The lowest BCUT2D eigenvalue weighted by molar-refractivity contribution is 0.615. The summed E-state index contributed by atoms with van der Waals surface area (Å²) in [7, 11) is 0. The Morgan fingerprint density at radius 3 is 2.47 bits per heavy atom. The first kappa shape index (κ1) is 11.6. The first-order chi connectivity index (χ1) is 8.90. The summed E-state index contributed by atoms with van der Waals surface area (Å²) in [6, 6.07) is 18.1. The Kier molecular flexibility index (Phi) is 2.62. The number of hydrogen-bond donors (Lipinski definition) is 1. The Morgan fingerprint density at radius 1 is 0.737 bits per heavy atom. The third-order valence-corrected chi connectivity index (χ3v) is 3.16. The van der Waals surface area contributed by atoms with Crippen LogP contribution in [0.25, 0.3) is 33.3 Å². The molecule has 0 fully saturated rings. The van der Waals surface area contributed by atoms with Crippen molar-refractivity contribution in [2.24, 2.45) is 0 Å². The van der Waals surface area contributed by atoms with Crippen LogP contribution < -0.4 is 6.15 Å². The fourth-order valence-corrected chi connectivity index (χ4v) is 2.24. The highest BCUT2D eigenvalue weighted by atomic mass is 16.3. The van der Waals surface area contributed by atoms with Gasteiger partial charge in [-0.2, -0.15) is 0 Å². The first-order valence-electron chi connectivity index (χ1n) is 5.86. The predicted octanol–water partition coefficient (Wildman–Crippen LogP) is 5.01. The lowest BCUT2D eigenvalue weighted by Crippen LogP contribution is -1.72. The van der Waals surface area contributed by atoms with Crippen LogP contribution in [0.5, 0.6) is 0 Å². The Morgan fingerprint density at radius 2 is 1.58 bits per heavy atom. The van der Waals surface area contributed by atoms with E-state index in [1.54, 1.807) is 6.26 Å². The number of hydrogen-bond acceptors (Lipinski definition) is 3. The van der Waals surface area contributed by atoms with Gasteiger partial charge in [0, 0.05) is 16.3 Å². The third kappa shape index (κ3) is 1.80. The van der Waals surface area contributed by atoms with Crippen molar-refractivity contribution in [3.05, 3.63) is 60.9 Å². The maximum Gasteiger partial charge on any atom is 0.135 e. The molecule has 0 aliphatic carbocycles. The molecule has 3 N–H and O–H groups in total. The second kappa shape index (κ2) is 4.30. The zero-order valence-electron chi connectivity index (χ0n) is 10.3. The zero-order chi connectivity index (χ0) is 11.9. The van der Waals surface area contributed by atoms with Crippen LogP contribution in [0.3, 0.4) is 0 Å². The summed E-state index contributed by atoms with van der Waals surface area (Å²) in [5, 5.41) is 2.22. The number of benzene rings is 2. The van der Waals surface area contributed by atoms with Crippen molar-refractivity contribution in [2.75, 3.05) is 0 Å². The number of furan rings is 2. The molecule has 0 unspecified atom stereocenters. The highest BCUT2D eigenvalue weighted by Gasteiger charge is 2.07. The molecule has 3 nitrogen and oxygen atoms in total. The summed E-state index contributed by atoms with van der Waals surface area (Å²) in [4.78, 5) is 0. The monoisotopic (exact) mass is 251 g/mol. The van der Waals surface area contributed by atoms with Crippen molar-refractivity contribution >= 4 is 21.9 Å². The summed E-state index contributed by atoms with van der Waals surface area (Å²) in [5.74, 6) is 0.888. The topological polar surface area (TPSA) is 61.3 Å². The van der Waals surface area contributed by atoms with Gasteiger partial charge in [0.1, 0.15) is 16.9 Å². The minimum Gasteiger partial charge on any atom is -0.464 e. The van der Waals surface area contributed by atoms with Gasteiger partial charge in [-0.3, -0.25) is 0 Å². The molecule has 94 valence electrons. The molecule has 2 heterocycles. The molecule has 4 rings (SSSR count). The van der Waals surface area contributed by atoms with Crippen molar-refractivity contribution in [1.82, 2.24) is 6.15 Å². The normalized spacial score (nSPS) is 10.7. The smallest absolute Gasteiger partial charge is 0.135 e. The van der Waals surface area contributed by atoms with Crippen LogP contribution in [-0.2, 0) is 0 Å². The van der Waals surface area contributed by atoms with Crippen LogP contribution in [0.4, 0.5) is 0 Å². The van der Waals surface area contributed by atoms with E-state index in [1.165, 1.54) is 0 Å². The Hall–Kier alpha value is -2.52. The molecule has 2 aromatic heterocycles. The quantitative estimate of drug-likeness (QED) is 0.517. The molecule has 0 bridgehead atoms. The van der Waals surface area contributed by atoms with Crippen LogP contribution in [0.2, 0.25) is 0 Å². The van der Waals surface area contributed by atoms with Gasteiger partial charge in [0.25, 0.3) is 0 Å². The molecule has 0 saturated carbocycles. The molecular weight excluding hydrogens is 238 g/mol. The van der Waals surface area contributed by atoms with Gasteiger partial charge in [0.15, 0.2) is 0 Å². The Balaban J connectivity index is 0.00000110. The van der Waals surface area contributed by atoms with E-state index in [0.717, 1.165) is 33.3 Å². The molecule has 0 saturated heterocycles. The van der Waals surface area contributed by atoms with Gasteiger partial charge in [-0.25, -0.2) is 0 Å². The molecule has 0 amide bonds. The minimum atomic E-state index is 0. The lowest BCUT2D eigenvalue weighted by Gasteiger charge is -1.96. The molecule has 0 atom stereocenters. The summed E-state index contributed by atoms with van der Waals surface area (Å²) < 4.78 is 11.2. The second-order valence-corrected chi connectivity index (χ2v) is 4.32. The third-order valence-electron chi connectivity index (χ3n) is 3.16. The van der Waals surface area contributed by atoms with Gasteiger partial charge in [-0.1, -0.05) is 18.2 Å². The molecule has 4 aromatic rings. The first-order valence-corrected chi connectivity index (χ1v) is 5.86. The lowest BCUT2D eigenvalue weighted by atomic mass is 10.1. The van der Waals surface area contributed by atoms with Crippen molar-refractivity contribution in [2.45, 2.75) is 0 Å². The van der Waals surface area contributed by atoms with E-state index in [2.05, 4.69) is 18.2 Å². The Bertz CT molecular complexity index is 809. The highest BCUT2D eigenvalue weighted by molar-refractivity contribution is 5.86. The van der Waals surface area contributed by atoms with E-state index in [-0.39, 0.29) is 6.15 Å². The largest absolute Gasteiger partial charge is 0.464 e. The molecule has 0 radical (unpaired) electrons. The minimum absolute atomic E-state index is 0. The maximum absolute atomic E-state index is 5.85.